The van der Waals surface area contributed by atoms with Crippen LogP contribution in [-0.4, -0.2) is 28.8 Å². The van der Waals surface area contributed by atoms with Gasteiger partial charge in [-0.05, 0) is 50.3 Å². The van der Waals surface area contributed by atoms with Crippen molar-refractivity contribution < 1.29 is 9.59 Å². The summed E-state index contributed by atoms with van der Waals surface area (Å²) in [6.45, 7) is 8.30. The van der Waals surface area contributed by atoms with Gasteiger partial charge >= 0.3 is 0 Å². The van der Waals surface area contributed by atoms with Crippen LogP contribution < -0.4 is 5.32 Å². The minimum Gasteiger partial charge on any atom is -0.352 e. The van der Waals surface area contributed by atoms with E-state index in [4.69, 9.17) is 0 Å². The van der Waals surface area contributed by atoms with Crippen molar-refractivity contribution >= 4 is 11.8 Å². The summed E-state index contributed by atoms with van der Waals surface area (Å²) in [6, 6.07) is 17.6. The van der Waals surface area contributed by atoms with E-state index < -0.39 is 6.04 Å². The molecule has 0 radical (unpaired) electrons. The van der Waals surface area contributed by atoms with Crippen molar-refractivity contribution in [1.82, 2.24) is 10.2 Å². The van der Waals surface area contributed by atoms with Crippen molar-refractivity contribution in [2.75, 3.05) is 0 Å². The van der Waals surface area contributed by atoms with Gasteiger partial charge in [0, 0.05) is 19.0 Å². The molecule has 2 aromatic rings. The second-order valence-electron chi connectivity index (χ2n) is 7.43. The van der Waals surface area contributed by atoms with E-state index in [9.17, 15) is 9.59 Å². The van der Waals surface area contributed by atoms with Crippen LogP contribution in [0.25, 0.3) is 0 Å². The van der Waals surface area contributed by atoms with Gasteiger partial charge in [-0.25, -0.2) is 0 Å². The first-order valence-electron chi connectivity index (χ1n) is 10.1. The Bertz CT molecular complexity index is 773. The standard InChI is InChI=1S/C24H32N2O2/c1-5-19(3)25-24(28)20(4)26(17-22-14-10-9-11-18(22)2)23(27)16-15-21-12-7-6-8-13-21/h6-14,19-20H,5,15-17H2,1-4H3,(H,25,28)/t19-,20-/m0/s1. The van der Waals surface area contributed by atoms with Crippen LogP contribution in [0.2, 0.25) is 0 Å². The van der Waals surface area contributed by atoms with Crippen LogP contribution in [0.15, 0.2) is 54.6 Å². The molecule has 0 aromatic heterocycles. The smallest absolute Gasteiger partial charge is 0.242 e. The lowest BCUT2D eigenvalue weighted by atomic mass is 10.1. The highest BCUT2D eigenvalue weighted by atomic mass is 16.2. The lowest BCUT2D eigenvalue weighted by molar-refractivity contribution is -0.140. The average Bonchev–Trinajstić information content (AvgIpc) is 2.71. The van der Waals surface area contributed by atoms with Gasteiger partial charge in [0.2, 0.25) is 11.8 Å². The molecule has 0 unspecified atom stereocenters. The zero-order chi connectivity index (χ0) is 20.5. The van der Waals surface area contributed by atoms with Gasteiger partial charge in [-0.3, -0.25) is 9.59 Å². The van der Waals surface area contributed by atoms with E-state index in [-0.39, 0.29) is 17.9 Å². The summed E-state index contributed by atoms with van der Waals surface area (Å²) in [4.78, 5) is 27.5. The quantitative estimate of drug-likeness (QED) is 0.707. The molecule has 4 nitrogen and oxygen atoms in total. The van der Waals surface area contributed by atoms with Crippen molar-refractivity contribution in [1.29, 1.82) is 0 Å². The van der Waals surface area contributed by atoms with Crippen molar-refractivity contribution in [3.8, 4) is 0 Å². The van der Waals surface area contributed by atoms with Crippen LogP contribution in [0.3, 0.4) is 0 Å². The third-order valence-corrected chi connectivity index (χ3v) is 5.24. The summed E-state index contributed by atoms with van der Waals surface area (Å²) in [5, 5.41) is 3.01. The molecule has 0 fully saturated rings. The number of carbonyl (C=O) groups is 2. The Hall–Kier alpha value is -2.62. The van der Waals surface area contributed by atoms with Crippen LogP contribution in [0.4, 0.5) is 0 Å². The van der Waals surface area contributed by atoms with Crippen LogP contribution in [0.1, 0.15) is 50.3 Å². The Morgan fingerprint density at radius 2 is 1.64 bits per heavy atom. The summed E-state index contributed by atoms with van der Waals surface area (Å²) in [6.07, 6.45) is 1.92. The second kappa shape index (κ2) is 10.6. The maximum atomic E-state index is 13.1. The molecule has 4 heteroatoms. The fraction of sp³-hybridized carbons (Fsp3) is 0.417. The molecule has 0 saturated carbocycles. The molecule has 0 aliphatic heterocycles. The highest BCUT2D eigenvalue weighted by molar-refractivity contribution is 5.87. The number of nitrogens with zero attached hydrogens (tertiary/aromatic N) is 1. The Morgan fingerprint density at radius 3 is 2.29 bits per heavy atom. The maximum Gasteiger partial charge on any atom is 0.242 e. The molecular formula is C24H32N2O2. The number of amides is 2. The molecule has 0 aliphatic rings. The summed E-state index contributed by atoms with van der Waals surface area (Å²) >= 11 is 0. The van der Waals surface area contributed by atoms with Gasteiger partial charge in [0.15, 0.2) is 0 Å². The van der Waals surface area contributed by atoms with E-state index in [1.54, 1.807) is 4.90 Å². The molecule has 0 saturated heterocycles. The fourth-order valence-corrected chi connectivity index (χ4v) is 3.06. The van der Waals surface area contributed by atoms with Crippen molar-refractivity contribution in [2.45, 2.75) is 65.6 Å². The first-order valence-corrected chi connectivity index (χ1v) is 10.1. The molecule has 28 heavy (non-hydrogen) atoms. The van der Waals surface area contributed by atoms with E-state index >= 15 is 0 Å². The Morgan fingerprint density at radius 1 is 1.00 bits per heavy atom. The molecule has 0 bridgehead atoms. The minimum absolute atomic E-state index is 0.00101. The number of aryl methyl sites for hydroxylation is 2. The molecule has 2 amide bonds. The van der Waals surface area contributed by atoms with E-state index in [2.05, 4.69) is 5.32 Å². The minimum atomic E-state index is -0.517. The molecule has 2 atom stereocenters. The number of carbonyl (C=O) groups excluding carboxylic acids is 2. The van der Waals surface area contributed by atoms with Crippen LogP contribution in [-0.2, 0) is 22.6 Å². The van der Waals surface area contributed by atoms with E-state index in [0.717, 1.165) is 23.1 Å². The maximum absolute atomic E-state index is 13.1. The molecule has 0 heterocycles. The Labute approximate surface area is 169 Å². The third kappa shape index (κ3) is 6.22. The number of hydrogen-bond donors (Lipinski definition) is 1. The van der Waals surface area contributed by atoms with Crippen molar-refractivity contribution in [3.05, 3.63) is 71.3 Å². The van der Waals surface area contributed by atoms with Crippen LogP contribution in [0, 0.1) is 6.92 Å². The number of hydrogen-bond acceptors (Lipinski definition) is 2. The second-order valence-corrected chi connectivity index (χ2v) is 7.43. The zero-order valence-electron chi connectivity index (χ0n) is 17.4. The highest BCUT2D eigenvalue weighted by Gasteiger charge is 2.26. The predicted molar refractivity (Wildman–Crippen MR) is 114 cm³/mol. The van der Waals surface area contributed by atoms with Crippen molar-refractivity contribution in [2.24, 2.45) is 0 Å². The van der Waals surface area contributed by atoms with Crippen LogP contribution >= 0.6 is 0 Å². The Balaban J connectivity index is 2.15. The molecule has 150 valence electrons. The fourth-order valence-electron chi connectivity index (χ4n) is 3.06. The van der Waals surface area contributed by atoms with Gasteiger partial charge < -0.3 is 10.2 Å². The van der Waals surface area contributed by atoms with Gasteiger partial charge in [0.1, 0.15) is 6.04 Å². The molecule has 0 aliphatic carbocycles. The Kier molecular flexibility index (Phi) is 8.24. The topological polar surface area (TPSA) is 49.4 Å². The largest absolute Gasteiger partial charge is 0.352 e. The van der Waals surface area contributed by atoms with Gasteiger partial charge in [0.25, 0.3) is 0 Å². The summed E-state index contributed by atoms with van der Waals surface area (Å²) < 4.78 is 0. The third-order valence-electron chi connectivity index (χ3n) is 5.24. The van der Waals surface area contributed by atoms with Gasteiger partial charge in [-0.1, -0.05) is 61.5 Å². The molecule has 2 aromatic carbocycles. The van der Waals surface area contributed by atoms with Gasteiger partial charge in [-0.15, -0.1) is 0 Å². The first-order chi connectivity index (χ1) is 13.4. The lowest BCUT2D eigenvalue weighted by Crippen LogP contribution is -2.49. The molecular weight excluding hydrogens is 348 g/mol. The normalized spacial score (nSPS) is 12.9. The van der Waals surface area contributed by atoms with Crippen LogP contribution in [0.5, 0.6) is 0 Å². The molecule has 0 spiro atoms. The zero-order valence-corrected chi connectivity index (χ0v) is 17.4. The number of rotatable bonds is 9. The monoisotopic (exact) mass is 380 g/mol. The lowest BCUT2D eigenvalue weighted by Gasteiger charge is -2.30. The summed E-state index contributed by atoms with van der Waals surface area (Å²) in [5.74, 6) is -0.102. The summed E-state index contributed by atoms with van der Waals surface area (Å²) in [5.41, 5.74) is 3.32. The first kappa shape index (κ1) is 21.7. The molecule has 1 N–H and O–H groups in total. The van der Waals surface area contributed by atoms with Gasteiger partial charge in [0.05, 0.1) is 0 Å². The van der Waals surface area contributed by atoms with Crippen molar-refractivity contribution in [3.63, 3.8) is 0 Å². The SMILES string of the molecule is CC[C@H](C)NC(=O)[C@H](C)N(Cc1ccccc1C)C(=O)CCc1ccccc1. The van der Waals surface area contributed by atoms with E-state index in [0.29, 0.717) is 19.4 Å². The number of benzene rings is 2. The highest BCUT2D eigenvalue weighted by Crippen LogP contribution is 2.16. The average molecular weight is 381 g/mol. The predicted octanol–water partition coefficient (Wildman–Crippen LogP) is 4.26. The van der Waals surface area contributed by atoms with E-state index in [1.165, 1.54) is 0 Å². The molecule has 2 rings (SSSR count). The van der Waals surface area contributed by atoms with Gasteiger partial charge in [-0.2, -0.15) is 0 Å². The van der Waals surface area contributed by atoms with E-state index in [1.807, 2.05) is 82.3 Å². The number of nitrogens with one attached hydrogen (secondary N) is 1. The summed E-state index contributed by atoms with van der Waals surface area (Å²) in [7, 11) is 0.